The fraction of sp³-hybridized carbons (Fsp3) is 0.647. The van der Waals surface area contributed by atoms with Crippen molar-refractivity contribution >= 4 is 12.8 Å². The highest BCUT2D eigenvalue weighted by Gasteiger charge is 2.51. The molecule has 0 amide bonds. The van der Waals surface area contributed by atoms with E-state index in [1.807, 2.05) is 0 Å². The molecule has 0 saturated carbocycles. The zero-order chi connectivity index (χ0) is 15.8. The molecule has 2 rings (SSSR count). The van der Waals surface area contributed by atoms with Crippen molar-refractivity contribution in [1.29, 1.82) is 0 Å². The first-order chi connectivity index (χ1) is 9.62. The molecule has 1 atom stereocenters. The fourth-order valence-corrected chi connectivity index (χ4v) is 2.59. The minimum atomic E-state index is -0.244. The van der Waals surface area contributed by atoms with Crippen LogP contribution in [0, 0.1) is 0 Å². The van der Waals surface area contributed by atoms with Crippen molar-refractivity contribution in [2.45, 2.75) is 58.1 Å². The fourth-order valence-electron chi connectivity index (χ4n) is 2.59. The monoisotopic (exact) mass is 289 g/mol. The molecule has 1 aliphatic rings. The highest BCUT2D eigenvalue weighted by atomic mass is 16.7. The van der Waals surface area contributed by atoms with Gasteiger partial charge in [-0.3, -0.25) is 0 Å². The summed E-state index contributed by atoms with van der Waals surface area (Å²) in [7, 11) is 3.99. The van der Waals surface area contributed by atoms with Gasteiger partial charge in [0.15, 0.2) is 0 Å². The lowest BCUT2D eigenvalue weighted by atomic mass is 9.75. The normalized spacial score (nSPS) is 21.4. The van der Waals surface area contributed by atoms with Crippen molar-refractivity contribution < 1.29 is 9.31 Å². The highest BCUT2D eigenvalue weighted by Crippen LogP contribution is 2.39. The number of rotatable bonds is 4. The van der Waals surface area contributed by atoms with E-state index in [9.17, 15) is 0 Å². The molecule has 3 nitrogen and oxygen atoms in total. The second kappa shape index (κ2) is 5.66. The molecular weight excluding hydrogens is 261 g/mol. The van der Waals surface area contributed by atoms with Crippen LogP contribution in [0.25, 0.3) is 0 Å². The third kappa shape index (κ3) is 3.43. The number of hydrogen-bond donors (Lipinski definition) is 0. The van der Waals surface area contributed by atoms with Crippen LogP contribution in [0.1, 0.15) is 46.1 Å². The Morgan fingerprint density at radius 2 is 1.48 bits per heavy atom. The Balaban J connectivity index is 2.01. The van der Waals surface area contributed by atoms with E-state index < -0.39 is 0 Å². The molecule has 116 valence electrons. The molecule has 0 unspecified atom stereocenters. The molecular formula is C17H28BNO2. The number of benzene rings is 1. The van der Waals surface area contributed by atoms with Crippen LogP contribution in [0.2, 0.25) is 6.32 Å². The largest absolute Gasteiger partial charge is 0.458 e. The summed E-state index contributed by atoms with van der Waals surface area (Å²) < 4.78 is 12.2. The van der Waals surface area contributed by atoms with Crippen LogP contribution >= 0.6 is 0 Å². The second-order valence-electron chi connectivity index (χ2n) is 7.31. The Kier molecular flexibility index (Phi) is 4.41. The van der Waals surface area contributed by atoms with Gasteiger partial charge < -0.3 is 14.2 Å². The van der Waals surface area contributed by atoms with Crippen LogP contribution in [0.4, 0.5) is 5.69 Å². The van der Waals surface area contributed by atoms with Gasteiger partial charge in [0.2, 0.25) is 0 Å². The Morgan fingerprint density at radius 3 is 1.90 bits per heavy atom. The molecule has 0 aliphatic carbocycles. The second-order valence-corrected chi connectivity index (χ2v) is 7.31. The van der Waals surface area contributed by atoms with Gasteiger partial charge in [0, 0.05) is 19.8 Å². The van der Waals surface area contributed by atoms with Gasteiger partial charge in [-0.2, -0.15) is 0 Å². The lowest BCUT2D eigenvalue weighted by Crippen LogP contribution is -2.41. The van der Waals surface area contributed by atoms with Gasteiger partial charge in [0.1, 0.15) is 0 Å². The van der Waals surface area contributed by atoms with Gasteiger partial charge in [0.25, 0.3) is 0 Å². The summed E-state index contributed by atoms with van der Waals surface area (Å²) in [6.45, 7) is 10.6. The molecule has 0 N–H and O–H groups in total. The van der Waals surface area contributed by atoms with Crippen molar-refractivity contribution in [2.24, 2.45) is 0 Å². The Bertz CT molecular complexity index is 466. The molecule has 0 bridgehead atoms. The average Bonchev–Trinajstić information content (AvgIpc) is 2.57. The summed E-state index contributed by atoms with van der Waals surface area (Å²) in [6, 6.07) is 8.72. The third-order valence-electron chi connectivity index (χ3n) is 4.83. The van der Waals surface area contributed by atoms with Crippen LogP contribution in [0.3, 0.4) is 0 Å². The molecule has 1 aliphatic heterocycles. The van der Waals surface area contributed by atoms with E-state index >= 15 is 0 Å². The summed E-state index contributed by atoms with van der Waals surface area (Å²) in [5.41, 5.74) is 2.06. The van der Waals surface area contributed by atoms with Crippen LogP contribution in [-0.2, 0) is 9.31 Å². The first-order valence-electron chi connectivity index (χ1n) is 7.75. The van der Waals surface area contributed by atoms with E-state index in [4.69, 9.17) is 9.31 Å². The summed E-state index contributed by atoms with van der Waals surface area (Å²) in [5, 5.41) is 0. The van der Waals surface area contributed by atoms with Gasteiger partial charge in [-0.1, -0.05) is 19.1 Å². The molecule has 1 heterocycles. The first-order valence-corrected chi connectivity index (χ1v) is 7.75. The van der Waals surface area contributed by atoms with Crippen LogP contribution in [0.5, 0.6) is 0 Å². The Hall–Kier alpha value is -0.995. The minimum Gasteiger partial charge on any atom is -0.403 e. The quantitative estimate of drug-likeness (QED) is 0.783. The summed E-state index contributed by atoms with van der Waals surface area (Å²) in [4.78, 5) is 2.11. The maximum atomic E-state index is 6.09. The predicted molar refractivity (Wildman–Crippen MR) is 90.1 cm³/mol. The van der Waals surface area contributed by atoms with Crippen molar-refractivity contribution in [3.05, 3.63) is 29.8 Å². The smallest absolute Gasteiger partial charge is 0.403 e. The van der Waals surface area contributed by atoms with E-state index in [-0.39, 0.29) is 18.3 Å². The Labute approximate surface area is 129 Å². The van der Waals surface area contributed by atoms with E-state index in [1.54, 1.807) is 0 Å². The standard InChI is InChI=1S/C17H28BNO2/c1-13(14-8-10-15(11-9-14)19(6)7)12-18-20-16(2,3)17(4,5)21-18/h8-11,13H,12H2,1-7H3/t13-/m0/s1. The van der Waals surface area contributed by atoms with Gasteiger partial charge in [-0.05, 0) is 57.6 Å². The number of anilines is 1. The van der Waals surface area contributed by atoms with Crippen molar-refractivity contribution in [3.8, 4) is 0 Å². The van der Waals surface area contributed by atoms with Gasteiger partial charge in [-0.25, -0.2) is 0 Å². The van der Waals surface area contributed by atoms with Crippen molar-refractivity contribution in [2.75, 3.05) is 19.0 Å². The van der Waals surface area contributed by atoms with Gasteiger partial charge in [0.05, 0.1) is 11.2 Å². The number of nitrogens with zero attached hydrogens (tertiary/aromatic N) is 1. The average molecular weight is 289 g/mol. The molecule has 1 saturated heterocycles. The number of hydrogen-bond acceptors (Lipinski definition) is 3. The minimum absolute atomic E-state index is 0.126. The van der Waals surface area contributed by atoms with Crippen molar-refractivity contribution in [3.63, 3.8) is 0 Å². The maximum absolute atomic E-state index is 6.09. The molecule has 0 spiro atoms. The van der Waals surface area contributed by atoms with Crippen molar-refractivity contribution in [1.82, 2.24) is 0 Å². The summed E-state index contributed by atoms with van der Waals surface area (Å²) in [6.07, 6.45) is 0.883. The zero-order valence-electron chi connectivity index (χ0n) is 14.4. The van der Waals surface area contributed by atoms with E-state index in [0.29, 0.717) is 5.92 Å². The first kappa shape index (κ1) is 16.4. The third-order valence-corrected chi connectivity index (χ3v) is 4.83. The molecule has 1 aromatic rings. The molecule has 1 aromatic carbocycles. The summed E-state index contributed by atoms with van der Waals surface area (Å²) >= 11 is 0. The zero-order valence-corrected chi connectivity index (χ0v) is 14.4. The van der Waals surface area contributed by atoms with Crippen LogP contribution in [-0.4, -0.2) is 32.4 Å². The van der Waals surface area contributed by atoms with E-state index in [2.05, 4.69) is 77.9 Å². The lowest BCUT2D eigenvalue weighted by molar-refractivity contribution is 0.00578. The lowest BCUT2D eigenvalue weighted by Gasteiger charge is -2.32. The highest BCUT2D eigenvalue weighted by molar-refractivity contribution is 6.45. The summed E-state index contributed by atoms with van der Waals surface area (Å²) in [5.74, 6) is 0.413. The molecule has 0 radical (unpaired) electrons. The molecule has 1 fully saturated rings. The maximum Gasteiger partial charge on any atom is 0.458 e. The molecule has 0 aromatic heterocycles. The van der Waals surface area contributed by atoms with E-state index in [1.165, 1.54) is 11.3 Å². The van der Waals surface area contributed by atoms with Gasteiger partial charge in [-0.15, -0.1) is 0 Å². The molecule has 21 heavy (non-hydrogen) atoms. The SMILES string of the molecule is C[C@@H](CB1OC(C)(C)C(C)(C)O1)c1ccc(N(C)C)cc1. The molecule has 4 heteroatoms. The van der Waals surface area contributed by atoms with Crippen LogP contribution < -0.4 is 4.90 Å². The van der Waals surface area contributed by atoms with E-state index in [0.717, 1.165) is 6.32 Å². The Morgan fingerprint density at radius 1 is 1.00 bits per heavy atom. The topological polar surface area (TPSA) is 21.7 Å². The van der Waals surface area contributed by atoms with Gasteiger partial charge >= 0.3 is 7.12 Å². The van der Waals surface area contributed by atoms with Crippen LogP contribution in [0.15, 0.2) is 24.3 Å². The predicted octanol–water partition coefficient (Wildman–Crippen LogP) is 3.95.